The number of hydrogen-bond acceptors (Lipinski definition) is 2. The average Bonchev–Trinajstić information content (AvgIpc) is 3.31. The number of nitrogens with zero attached hydrogens (tertiary/aromatic N) is 3. The van der Waals surface area contributed by atoms with E-state index in [1.165, 1.54) is 37.1 Å². The lowest BCUT2D eigenvalue weighted by Gasteiger charge is -2.38. The lowest BCUT2D eigenvalue weighted by Crippen LogP contribution is -2.54. The van der Waals surface area contributed by atoms with E-state index in [-0.39, 0.29) is 0 Å². The Morgan fingerprint density at radius 1 is 1.04 bits per heavy atom. The van der Waals surface area contributed by atoms with E-state index in [2.05, 4.69) is 45.7 Å². The van der Waals surface area contributed by atoms with Crippen LogP contribution in [-0.4, -0.2) is 58.2 Å². The van der Waals surface area contributed by atoms with E-state index < -0.39 is 0 Å². The van der Waals surface area contributed by atoms with Crippen molar-refractivity contribution in [3.63, 3.8) is 0 Å². The minimum absolute atomic E-state index is 0.656. The smallest absolute Gasteiger partial charge is 0.169 e. The molecule has 0 amide bonds. The van der Waals surface area contributed by atoms with Crippen molar-refractivity contribution in [2.75, 3.05) is 32.7 Å². The number of nitrogens with one attached hydrogen (secondary N) is 1. The van der Waals surface area contributed by atoms with Crippen molar-refractivity contribution in [3.8, 4) is 0 Å². The number of piperazine rings is 1. The highest BCUT2D eigenvalue weighted by molar-refractivity contribution is 7.80. The van der Waals surface area contributed by atoms with Crippen LogP contribution in [0.5, 0.6) is 0 Å². The zero-order valence-electron chi connectivity index (χ0n) is 15.7. The molecule has 138 valence electrons. The first-order chi connectivity index (χ1) is 12.1. The largest absolute Gasteiger partial charge is 0.360 e. The zero-order valence-corrected chi connectivity index (χ0v) is 16.5. The molecule has 2 heterocycles. The molecule has 0 radical (unpaired) electrons. The first-order valence-electron chi connectivity index (χ1n) is 10.0. The van der Waals surface area contributed by atoms with Crippen LogP contribution in [0, 0.1) is 25.7 Å². The van der Waals surface area contributed by atoms with Crippen molar-refractivity contribution < 1.29 is 0 Å². The Bertz CT molecular complexity index is 598. The Kier molecular flexibility index (Phi) is 5.05. The Balaban J connectivity index is 1.21. The lowest BCUT2D eigenvalue weighted by atomic mass is 9.95. The summed E-state index contributed by atoms with van der Waals surface area (Å²) in [4.78, 5) is 4.97. The van der Waals surface area contributed by atoms with Gasteiger partial charge in [0.2, 0.25) is 0 Å². The molecule has 25 heavy (non-hydrogen) atoms. The minimum atomic E-state index is 0.656. The Hall–Kier alpha value is -1.07. The van der Waals surface area contributed by atoms with Crippen LogP contribution in [0.4, 0.5) is 0 Å². The summed E-state index contributed by atoms with van der Waals surface area (Å²) in [5.41, 5.74) is 2.74. The van der Waals surface area contributed by atoms with Gasteiger partial charge in [-0.15, -0.1) is 0 Å². The first-order valence-corrected chi connectivity index (χ1v) is 10.4. The van der Waals surface area contributed by atoms with Gasteiger partial charge in [0.1, 0.15) is 0 Å². The molecule has 3 atom stereocenters. The fourth-order valence-corrected chi connectivity index (χ4v) is 5.47. The summed E-state index contributed by atoms with van der Waals surface area (Å²) < 4.78 is 2.42. The molecule has 4 nitrogen and oxygen atoms in total. The quantitative estimate of drug-likeness (QED) is 0.834. The van der Waals surface area contributed by atoms with Gasteiger partial charge in [0.05, 0.1) is 0 Å². The summed E-state index contributed by atoms with van der Waals surface area (Å²) in [5, 5.41) is 4.71. The van der Waals surface area contributed by atoms with Crippen LogP contribution >= 0.6 is 12.2 Å². The normalized spacial score (nSPS) is 29.4. The fourth-order valence-electron chi connectivity index (χ4n) is 5.14. The maximum atomic E-state index is 5.72. The molecule has 0 unspecified atom stereocenters. The number of hydrogen-bond donors (Lipinski definition) is 1. The minimum Gasteiger partial charge on any atom is -0.360 e. The summed E-state index contributed by atoms with van der Waals surface area (Å²) in [7, 11) is 0. The molecule has 3 aliphatic rings. The number of aromatic nitrogens is 1. The highest BCUT2D eigenvalue weighted by atomic mass is 32.1. The molecule has 1 aliphatic heterocycles. The van der Waals surface area contributed by atoms with E-state index in [0.29, 0.717) is 6.04 Å². The predicted octanol–water partition coefficient (Wildman–Crippen LogP) is 2.79. The maximum absolute atomic E-state index is 5.72. The van der Waals surface area contributed by atoms with Gasteiger partial charge in [-0.25, -0.2) is 0 Å². The molecule has 2 saturated carbocycles. The van der Waals surface area contributed by atoms with Crippen LogP contribution in [0.3, 0.4) is 0 Å². The van der Waals surface area contributed by atoms with Crippen molar-refractivity contribution in [2.45, 2.75) is 52.1 Å². The van der Waals surface area contributed by atoms with Gasteiger partial charge in [-0.3, -0.25) is 4.90 Å². The third-order valence-electron chi connectivity index (χ3n) is 6.76. The van der Waals surface area contributed by atoms with E-state index >= 15 is 0 Å². The molecule has 1 saturated heterocycles. The van der Waals surface area contributed by atoms with Crippen LogP contribution in [0.1, 0.15) is 37.1 Å². The monoisotopic (exact) mass is 360 g/mol. The number of aryl methyl sites for hydroxylation is 2. The molecule has 2 bridgehead atoms. The molecule has 1 aromatic heterocycles. The van der Waals surface area contributed by atoms with Crippen LogP contribution in [0.2, 0.25) is 0 Å². The average molecular weight is 361 g/mol. The Labute approximate surface area is 157 Å². The van der Waals surface area contributed by atoms with E-state index in [1.807, 2.05) is 0 Å². The highest BCUT2D eigenvalue weighted by Crippen LogP contribution is 2.44. The molecule has 3 fully saturated rings. The van der Waals surface area contributed by atoms with Gasteiger partial charge in [-0.05, 0) is 69.3 Å². The van der Waals surface area contributed by atoms with Crippen LogP contribution in [0.15, 0.2) is 12.1 Å². The molecule has 0 spiro atoms. The lowest BCUT2D eigenvalue weighted by molar-refractivity contribution is 0.174. The Morgan fingerprint density at radius 2 is 1.76 bits per heavy atom. The van der Waals surface area contributed by atoms with E-state index in [9.17, 15) is 0 Å². The molecule has 5 heteroatoms. The number of thiocarbonyl (C=S) groups is 1. The van der Waals surface area contributed by atoms with Gasteiger partial charge in [-0.2, -0.15) is 0 Å². The van der Waals surface area contributed by atoms with E-state index in [1.54, 1.807) is 0 Å². The first kappa shape index (κ1) is 17.3. The van der Waals surface area contributed by atoms with Crippen molar-refractivity contribution in [1.82, 2.24) is 19.7 Å². The van der Waals surface area contributed by atoms with Crippen molar-refractivity contribution >= 4 is 17.3 Å². The van der Waals surface area contributed by atoms with Gasteiger partial charge in [0.25, 0.3) is 0 Å². The van der Waals surface area contributed by atoms with Crippen LogP contribution in [-0.2, 0) is 6.54 Å². The molecule has 4 rings (SSSR count). The maximum Gasteiger partial charge on any atom is 0.169 e. The topological polar surface area (TPSA) is 23.4 Å². The summed E-state index contributed by atoms with van der Waals surface area (Å²) in [5.74, 6) is 1.86. The predicted molar refractivity (Wildman–Crippen MR) is 107 cm³/mol. The van der Waals surface area contributed by atoms with Crippen molar-refractivity contribution in [3.05, 3.63) is 23.5 Å². The Morgan fingerprint density at radius 3 is 2.36 bits per heavy atom. The van der Waals surface area contributed by atoms with Crippen molar-refractivity contribution in [1.29, 1.82) is 0 Å². The van der Waals surface area contributed by atoms with Crippen LogP contribution < -0.4 is 5.32 Å². The second-order valence-electron chi connectivity index (χ2n) is 8.33. The molecular formula is C20H32N4S. The van der Waals surface area contributed by atoms with Gasteiger partial charge in [0.15, 0.2) is 5.11 Å². The van der Waals surface area contributed by atoms with Crippen molar-refractivity contribution in [2.24, 2.45) is 11.8 Å². The molecule has 1 N–H and O–H groups in total. The third kappa shape index (κ3) is 3.72. The second-order valence-corrected chi connectivity index (χ2v) is 8.71. The number of fused-ring (bicyclic) bond motifs is 2. The molecular weight excluding hydrogens is 328 g/mol. The summed E-state index contributed by atoms with van der Waals surface area (Å²) in [6.45, 7) is 11.0. The van der Waals surface area contributed by atoms with E-state index in [0.717, 1.165) is 56.2 Å². The van der Waals surface area contributed by atoms with Crippen LogP contribution in [0.25, 0.3) is 0 Å². The standard InChI is InChI=1S/C20H32N4S/c1-15-3-4-16(2)24(15)12-9-22-7-10-23(11-8-22)20(25)21-19-14-17-5-6-18(19)13-17/h3-4,17-19H,5-14H2,1-2H3,(H,21,25)/t17-,18+,19-/m0/s1. The summed E-state index contributed by atoms with van der Waals surface area (Å²) in [6, 6.07) is 5.09. The fraction of sp³-hybridized carbons (Fsp3) is 0.750. The van der Waals surface area contributed by atoms with Gasteiger partial charge < -0.3 is 14.8 Å². The van der Waals surface area contributed by atoms with Gasteiger partial charge >= 0.3 is 0 Å². The highest BCUT2D eigenvalue weighted by Gasteiger charge is 2.40. The molecule has 0 aromatic carbocycles. The van der Waals surface area contributed by atoms with Gasteiger partial charge in [-0.1, -0.05) is 6.42 Å². The summed E-state index contributed by atoms with van der Waals surface area (Å²) in [6.07, 6.45) is 5.65. The van der Waals surface area contributed by atoms with Gasteiger partial charge in [0, 0.05) is 56.7 Å². The number of rotatable bonds is 4. The SMILES string of the molecule is Cc1ccc(C)n1CCN1CCN(C(=S)N[C@H]2C[C@H]3CC[C@@H]2C3)CC1. The molecule has 1 aromatic rings. The second kappa shape index (κ2) is 7.28. The third-order valence-corrected chi connectivity index (χ3v) is 7.14. The molecule has 2 aliphatic carbocycles. The van der Waals surface area contributed by atoms with E-state index in [4.69, 9.17) is 12.2 Å². The zero-order chi connectivity index (χ0) is 17.4. The summed E-state index contributed by atoms with van der Waals surface area (Å²) >= 11 is 5.72.